The molecule has 0 saturated carbocycles. The Morgan fingerprint density at radius 3 is 2.74 bits per heavy atom. The topological polar surface area (TPSA) is 73.5 Å². The van der Waals surface area contributed by atoms with Gasteiger partial charge >= 0.3 is 0 Å². The first-order valence-electron chi connectivity index (χ1n) is 9.09. The molecule has 0 unspecified atom stereocenters. The van der Waals surface area contributed by atoms with Gasteiger partial charge in [-0.25, -0.2) is 4.68 Å². The number of quaternary nitrogens is 1. The van der Waals surface area contributed by atoms with Crippen molar-refractivity contribution in [2.75, 3.05) is 27.7 Å². The maximum Gasteiger partial charge on any atom is 0.251 e. The van der Waals surface area contributed by atoms with E-state index in [1.165, 1.54) is 4.90 Å². The lowest BCUT2D eigenvalue weighted by Gasteiger charge is -2.23. The van der Waals surface area contributed by atoms with E-state index in [2.05, 4.69) is 29.7 Å². The van der Waals surface area contributed by atoms with Crippen LogP contribution in [0.4, 0.5) is 0 Å². The molecule has 0 aliphatic rings. The molecule has 0 aliphatic heterocycles. The van der Waals surface area contributed by atoms with E-state index in [1.807, 2.05) is 48.0 Å². The maximum absolute atomic E-state index is 12.7. The van der Waals surface area contributed by atoms with E-state index >= 15 is 0 Å². The standard InChI is InChI=1S/C20H25N5O2/c1-5-25-17-11-10-14(12-16(17)22-23-25)20(26)21-13-18(24(2)3)15-8-6-7-9-19(15)27-4/h6-12,18H,5,13H2,1-4H3,(H,21,26)/p+1/t18-/m1/s1. The number of fused-ring (bicyclic) bond motifs is 1. The molecule has 0 saturated heterocycles. The van der Waals surface area contributed by atoms with E-state index in [1.54, 1.807) is 13.2 Å². The van der Waals surface area contributed by atoms with E-state index in [0.717, 1.165) is 28.9 Å². The van der Waals surface area contributed by atoms with Crippen LogP contribution >= 0.6 is 0 Å². The van der Waals surface area contributed by atoms with Gasteiger partial charge in [-0.15, -0.1) is 5.10 Å². The Balaban J connectivity index is 1.76. The fourth-order valence-electron chi connectivity index (χ4n) is 3.22. The molecule has 0 aliphatic carbocycles. The number of likely N-dealkylation sites (N-methyl/N-ethyl adjacent to an activating group) is 1. The van der Waals surface area contributed by atoms with Gasteiger partial charge in [0.2, 0.25) is 0 Å². The number of benzene rings is 2. The number of ether oxygens (including phenoxy) is 1. The van der Waals surface area contributed by atoms with E-state index in [0.29, 0.717) is 12.1 Å². The van der Waals surface area contributed by atoms with Crippen molar-refractivity contribution in [3.8, 4) is 5.75 Å². The summed E-state index contributed by atoms with van der Waals surface area (Å²) in [5, 5.41) is 11.3. The summed E-state index contributed by atoms with van der Waals surface area (Å²) in [4.78, 5) is 13.9. The molecule has 142 valence electrons. The number of aromatic nitrogens is 3. The number of aryl methyl sites for hydroxylation is 1. The van der Waals surface area contributed by atoms with Crippen molar-refractivity contribution in [2.45, 2.75) is 19.5 Å². The minimum atomic E-state index is -0.121. The summed E-state index contributed by atoms with van der Waals surface area (Å²) in [5.41, 5.74) is 3.31. The van der Waals surface area contributed by atoms with Gasteiger partial charge in [0.1, 0.15) is 17.3 Å². The van der Waals surface area contributed by atoms with Gasteiger partial charge in [0.25, 0.3) is 5.91 Å². The molecule has 1 heterocycles. The van der Waals surface area contributed by atoms with Crippen molar-refractivity contribution in [3.63, 3.8) is 0 Å². The number of methoxy groups -OCH3 is 1. The lowest BCUT2D eigenvalue weighted by molar-refractivity contribution is -0.890. The fraction of sp³-hybridized carbons (Fsp3) is 0.350. The van der Waals surface area contributed by atoms with Gasteiger partial charge in [0, 0.05) is 12.1 Å². The van der Waals surface area contributed by atoms with Crippen LogP contribution in [0.2, 0.25) is 0 Å². The van der Waals surface area contributed by atoms with Crippen molar-refractivity contribution in [3.05, 3.63) is 53.6 Å². The first-order valence-corrected chi connectivity index (χ1v) is 9.09. The maximum atomic E-state index is 12.7. The van der Waals surface area contributed by atoms with Crippen LogP contribution in [-0.2, 0) is 6.54 Å². The molecule has 1 aromatic heterocycles. The van der Waals surface area contributed by atoms with Crippen LogP contribution < -0.4 is 15.0 Å². The van der Waals surface area contributed by atoms with Crippen LogP contribution in [0.15, 0.2) is 42.5 Å². The van der Waals surface area contributed by atoms with E-state index in [9.17, 15) is 4.79 Å². The Morgan fingerprint density at radius 2 is 2.04 bits per heavy atom. The zero-order valence-electron chi connectivity index (χ0n) is 16.2. The lowest BCUT2D eigenvalue weighted by Crippen LogP contribution is -3.07. The van der Waals surface area contributed by atoms with E-state index < -0.39 is 0 Å². The third-order valence-electron chi connectivity index (χ3n) is 4.75. The van der Waals surface area contributed by atoms with Gasteiger partial charge in [0.05, 0.1) is 38.8 Å². The second-order valence-corrected chi connectivity index (χ2v) is 6.69. The summed E-state index contributed by atoms with van der Waals surface area (Å²) >= 11 is 0. The normalized spacial score (nSPS) is 12.3. The highest BCUT2D eigenvalue weighted by molar-refractivity contribution is 5.97. The molecule has 1 atom stereocenters. The highest BCUT2D eigenvalue weighted by Crippen LogP contribution is 2.22. The van der Waals surface area contributed by atoms with Crippen LogP contribution in [0.3, 0.4) is 0 Å². The molecule has 2 N–H and O–H groups in total. The Labute approximate surface area is 158 Å². The molecule has 3 rings (SSSR count). The molecule has 3 aromatic rings. The minimum Gasteiger partial charge on any atom is -0.496 e. The lowest BCUT2D eigenvalue weighted by atomic mass is 10.0. The van der Waals surface area contributed by atoms with Crippen molar-refractivity contribution >= 4 is 16.9 Å². The first kappa shape index (κ1) is 18.8. The average molecular weight is 368 g/mol. The van der Waals surface area contributed by atoms with Crippen LogP contribution in [0, 0.1) is 0 Å². The van der Waals surface area contributed by atoms with E-state index in [-0.39, 0.29) is 11.9 Å². The molecule has 0 fully saturated rings. The largest absolute Gasteiger partial charge is 0.496 e. The number of nitrogens with one attached hydrogen (secondary N) is 2. The Hall–Kier alpha value is -2.93. The van der Waals surface area contributed by atoms with Gasteiger partial charge in [-0.05, 0) is 37.3 Å². The van der Waals surface area contributed by atoms with Crippen molar-refractivity contribution < 1.29 is 14.4 Å². The van der Waals surface area contributed by atoms with Crippen molar-refractivity contribution in [2.24, 2.45) is 0 Å². The predicted molar refractivity (Wildman–Crippen MR) is 104 cm³/mol. The van der Waals surface area contributed by atoms with Gasteiger partial charge in [-0.1, -0.05) is 17.3 Å². The van der Waals surface area contributed by atoms with Crippen LogP contribution in [0.25, 0.3) is 11.0 Å². The number of carbonyl (C=O) groups is 1. The molecule has 27 heavy (non-hydrogen) atoms. The van der Waals surface area contributed by atoms with Gasteiger partial charge < -0.3 is 15.0 Å². The van der Waals surface area contributed by atoms with Gasteiger partial charge in [-0.3, -0.25) is 4.79 Å². The first-order chi connectivity index (χ1) is 13.0. The fourth-order valence-corrected chi connectivity index (χ4v) is 3.22. The third kappa shape index (κ3) is 3.93. The number of nitrogens with zero attached hydrogens (tertiary/aromatic N) is 3. The summed E-state index contributed by atoms with van der Waals surface area (Å²) in [6.07, 6.45) is 0. The highest BCUT2D eigenvalue weighted by Gasteiger charge is 2.22. The van der Waals surface area contributed by atoms with Crippen LogP contribution in [0.5, 0.6) is 5.75 Å². The smallest absolute Gasteiger partial charge is 0.251 e. The third-order valence-corrected chi connectivity index (χ3v) is 4.75. The molecule has 7 nitrogen and oxygen atoms in total. The second kappa shape index (κ2) is 8.18. The molecule has 0 radical (unpaired) electrons. The number of carbonyl (C=O) groups excluding carboxylic acids is 1. The Morgan fingerprint density at radius 1 is 1.26 bits per heavy atom. The Kier molecular flexibility index (Phi) is 5.71. The molecular formula is C20H26N5O2+. The Bertz CT molecular complexity index is 935. The quantitative estimate of drug-likeness (QED) is 0.654. The van der Waals surface area contributed by atoms with Crippen molar-refractivity contribution in [1.82, 2.24) is 20.3 Å². The monoisotopic (exact) mass is 368 g/mol. The molecule has 2 aromatic carbocycles. The van der Waals surface area contributed by atoms with Crippen LogP contribution in [0.1, 0.15) is 28.9 Å². The molecule has 0 bridgehead atoms. The number of amides is 1. The molecule has 0 spiro atoms. The number of rotatable bonds is 7. The zero-order chi connectivity index (χ0) is 19.4. The van der Waals surface area contributed by atoms with Gasteiger partial charge in [0.15, 0.2) is 0 Å². The highest BCUT2D eigenvalue weighted by atomic mass is 16.5. The summed E-state index contributed by atoms with van der Waals surface area (Å²) < 4.78 is 7.30. The summed E-state index contributed by atoms with van der Waals surface area (Å²) in [6, 6.07) is 13.5. The molecule has 7 heteroatoms. The second-order valence-electron chi connectivity index (χ2n) is 6.69. The summed E-state index contributed by atoms with van der Waals surface area (Å²) in [6.45, 7) is 3.26. The predicted octanol–water partition coefficient (Wildman–Crippen LogP) is 1.08. The summed E-state index contributed by atoms with van der Waals surface area (Å²) in [5.74, 6) is 0.708. The molecule has 1 amide bonds. The average Bonchev–Trinajstić information content (AvgIpc) is 3.10. The zero-order valence-corrected chi connectivity index (χ0v) is 16.2. The van der Waals surface area contributed by atoms with E-state index in [4.69, 9.17) is 4.74 Å². The SMILES string of the molecule is CCn1nnc2cc(C(=O)NC[C@H](c3ccccc3OC)[NH+](C)C)ccc21. The number of hydrogen-bond acceptors (Lipinski definition) is 4. The van der Waals surface area contributed by atoms with Crippen molar-refractivity contribution in [1.29, 1.82) is 0 Å². The number of hydrogen-bond donors (Lipinski definition) is 2. The summed E-state index contributed by atoms with van der Waals surface area (Å²) in [7, 11) is 5.80. The van der Waals surface area contributed by atoms with Crippen LogP contribution in [-0.4, -0.2) is 48.7 Å². The number of para-hydroxylation sites is 1. The minimum absolute atomic E-state index is 0.0785. The molecular weight excluding hydrogens is 342 g/mol. The van der Waals surface area contributed by atoms with Gasteiger partial charge in [-0.2, -0.15) is 0 Å².